The van der Waals surface area contributed by atoms with Gasteiger partial charge in [0.2, 0.25) is 5.91 Å². The molecule has 1 saturated heterocycles. The number of piperazine rings is 1. The third-order valence-corrected chi connectivity index (χ3v) is 6.06. The minimum atomic E-state index is -0.248. The highest BCUT2D eigenvalue weighted by atomic mass is 35.5. The van der Waals surface area contributed by atoms with Gasteiger partial charge in [0, 0.05) is 38.3 Å². The number of nitrogens with one attached hydrogen (secondary N) is 1. The van der Waals surface area contributed by atoms with Gasteiger partial charge in [-0.25, -0.2) is 0 Å². The quantitative estimate of drug-likeness (QED) is 0.610. The standard InChI is InChI=1S/C26H34ClN3O3/c1-5-6-25(32)30-15-13-29(14-16-30)23-12-9-20(17-22(23)27)28-24(31)18-33-21-10-7-19(8-11-21)26(2,3)4/h7-12,17H,5-6,13-16,18H2,1-4H3,(H,28,31). The summed E-state index contributed by atoms with van der Waals surface area (Å²) in [6.45, 7) is 11.3. The number of hydrogen-bond acceptors (Lipinski definition) is 4. The number of carbonyl (C=O) groups excluding carboxylic acids is 2. The number of nitrogens with zero attached hydrogens (tertiary/aromatic N) is 2. The second-order valence-electron chi connectivity index (χ2n) is 9.40. The molecule has 2 amide bonds. The molecule has 3 rings (SSSR count). The fourth-order valence-corrected chi connectivity index (χ4v) is 4.11. The Morgan fingerprint density at radius 2 is 1.70 bits per heavy atom. The van der Waals surface area contributed by atoms with Crippen LogP contribution < -0.4 is 15.0 Å². The molecule has 1 aliphatic rings. The summed E-state index contributed by atoms with van der Waals surface area (Å²) in [5.41, 5.74) is 2.81. The predicted octanol–water partition coefficient (Wildman–Crippen LogP) is 5.10. The van der Waals surface area contributed by atoms with Crippen molar-refractivity contribution in [1.29, 1.82) is 0 Å². The third-order valence-electron chi connectivity index (χ3n) is 5.76. The summed E-state index contributed by atoms with van der Waals surface area (Å²) in [5, 5.41) is 3.40. The first-order valence-electron chi connectivity index (χ1n) is 11.5. The molecule has 1 fully saturated rings. The largest absolute Gasteiger partial charge is 0.484 e. The van der Waals surface area contributed by atoms with Crippen molar-refractivity contribution in [3.05, 3.63) is 53.1 Å². The van der Waals surface area contributed by atoms with Crippen molar-refractivity contribution >= 4 is 34.8 Å². The Labute approximate surface area is 201 Å². The van der Waals surface area contributed by atoms with Crippen LogP contribution in [0.5, 0.6) is 5.75 Å². The smallest absolute Gasteiger partial charge is 0.262 e. The molecule has 0 bridgehead atoms. The monoisotopic (exact) mass is 471 g/mol. The first-order chi connectivity index (χ1) is 15.7. The Morgan fingerprint density at radius 1 is 1.03 bits per heavy atom. The summed E-state index contributed by atoms with van der Waals surface area (Å²) >= 11 is 6.51. The van der Waals surface area contributed by atoms with Crippen molar-refractivity contribution < 1.29 is 14.3 Å². The van der Waals surface area contributed by atoms with Gasteiger partial charge in [0.15, 0.2) is 6.61 Å². The lowest BCUT2D eigenvalue weighted by Gasteiger charge is -2.36. The van der Waals surface area contributed by atoms with Crippen LogP contribution >= 0.6 is 11.6 Å². The fourth-order valence-electron chi connectivity index (χ4n) is 3.81. The van der Waals surface area contributed by atoms with E-state index in [-0.39, 0.29) is 23.8 Å². The van der Waals surface area contributed by atoms with Crippen LogP contribution in [0.3, 0.4) is 0 Å². The van der Waals surface area contributed by atoms with E-state index in [9.17, 15) is 9.59 Å². The lowest BCUT2D eigenvalue weighted by molar-refractivity contribution is -0.131. The number of rotatable bonds is 7. The molecule has 1 heterocycles. The van der Waals surface area contributed by atoms with Crippen molar-refractivity contribution in [2.45, 2.75) is 46.0 Å². The van der Waals surface area contributed by atoms with Gasteiger partial charge < -0.3 is 19.9 Å². The van der Waals surface area contributed by atoms with Gasteiger partial charge in [-0.05, 0) is 47.7 Å². The van der Waals surface area contributed by atoms with Crippen LogP contribution in [0.25, 0.3) is 0 Å². The van der Waals surface area contributed by atoms with E-state index in [1.807, 2.05) is 48.2 Å². The maximum absolute atomic E-state index is 12.3. The third kappa shape index (κ3) is 6.87. The second kappa shape index (κ2) is 10.9. The van der Waals surface area contributed by atoms with Crippen LogP contribution in [0.4, 0.5) is 11.4 Å². The van der Waals surface area contributed by atoms with Crippen molar-refractivity contribution in [1.82, 2.24) is 4.90 Å². The highest BCUT2D eigenvalue weighted by molar-refractivity contribution is 6.33. The summed E-state index contributed by atoms with van der Waals surface area (Å²) in [4.78, 5) is 28.5. The molecule has 7 heteroatoms. The summed E-state index contributed by atoms with van der Waals surface area (Å²) in [5.74, 6) is 0.624. The number of carbonyl (C=O) groups is 2. The molecule has 0 saturated carbocycles. The molecule has 1 N–H and O–H groups in total. The summed E-state index contributed by atoms with van der Waals surface area (Å²) in [6.07, 6.45) is 1.47. The van der Waals surface area contributed by atoms with E-state index < -0.39 is 0 Å². The topological polar surface area (TPSA) is 61.9 Å². The van der Waals surface area contributed by atoms with E-state index in [1.54, 1.807) is 6.07 Å². The Kier molecular flexibility index (Phi) is 8.25. The first kappa shape index (κ1) is 24.9. The van der Waals surface area contributed by atoms with E-state index >= 15 is 0 Å². The van der Waals surface area contributed by atoms with Gasteiger partial charge in [0.25, 0.3) is 5.91 Å². The number of benzene rings is 2. The molecule has 0 atom stereocenters. The zero-order chi connectivity index (χ0) is 24.0. The average Bonchev–Trinajstić information content (AvgIpc) is 2.78. The molecule has 0 radical (unpaired) electrons. The van der Waals surface area contributed by atoms with Crippen molar-refractivity contribution in [2.24, 2.45) is 0 Å². The predicted molar refractivity (Wildman–Crippen MR) is 134 cm³/mol. The second-order valence-corrected chi connectivity index (χ2v) is 9.80. The molecular weight excluding hydrogens is 438 g/mol. The van der Waals surface area contributed by atoms with Gasteiger partial charge >= 0.3 is 0 Å². The molecule has 0 spiro atoms. The van der Waals surface area contributed by atoms with Crippen LogP contribution in [-0.2, 0) is 15.0 Å². The van der Waals surface area contributed by atoms with E-state index in [2.05, 4.69) is 31.0 Å². The fraction of sp³-hybridized carbons (Fsp3) is 0.462. The van der Waals surface area contributed by atoms with E-state index in [0.29, 0.717) is 36.0 Å². The normalized spacial score (nSPS) is 14.2. The van der Waals surface area contributed by atoms with Crippen molar-refractivity contribution in [3.8, 4) is 5.75 Å². The molecule has 6 nitrogen and oxygen atoms in total. The van der Waals surface area contributed by atoms with Crippen molar-refractivity contribution in [3.63, 3.8) is 0 Å². The molecule has 0 aromatic heterocycles. The summed E-state index contributed by atoms with van der Waals surface area (Å²) in [7, 11) is 0. The Morgan fingerprint density at radius 3 is 2.27 bits per heavy atom. The van der Waals surface area contributed by atoms with Gasteiger partial charge in [-0.1, -0.05) is 51.4 Å². The molecule has 178 valence electrons. The zero-order valence-electron chi connectivity index (χ0n) is 20.0. The summed E-state index contributed by atoms with van der Waals surface area (Å²) in [6, 6.07) is 13.3. The van der Waals surface area contributed by atoms with Crippen LogP contribution in [0.15, 0.2) is 42.5 Å². The number of ether oxygens (including phenoxy) is 1. The zero-order valence-corrected chi connectivity index (χ0v) is 20.7. The highest BCUT2D eigenvalue weighted by Gasteiger charge is 2.22. The van der Waals surface area contributed by atoms with Gasteiger partial charge in [0.05, 0.1) is 10.7 Å². The molecule has 0 unspecified atom stereocenters. The van der Waals surface area contributed by atoms with Gasteiger partial charge in [-0.15, -0.1) is 0 Å². The maximum Gasteiger partial charge on any atom is 0.262 e. The van der Waals surface area contributed by atoms with Crippen LogP contribution in [0, 0.1) is 0 Å². The van der Waals surface area contributed by atoms with Crippen LogP contribution in [-0.4, -0.2) is 49.5 Å². The van der Waals surface area contributed by atoms with Crippen LogP contribution in [0.2, 0.25) is 5.02 Å². The molecule has 2 aromatic rings. The Balaban J connectivity index is 1.51. The highest BCUT2D eigenvalue weighted by Crippen LogP contribution is 2.30. The number of halogens is 1. The van der Waals surface area contributed by atoms with E-state index in [4.69, 9.17) is 16.3 Å². The van der Waals surface area contributed by atoms with Gasteiger partial charge in [-0.3, -0.25) is 9.59 Å². The molecule has 0 aliphatic carbocycles. The molecular formula is C26H34ClN3O3. The van der Waals surface area contributed by atoms with Crippen molar-refractivity contribution in [2.75, 3.05) is 43.0 Å². The van der Waals surface area contributed by atoms with Crippen LogP contribution in [0.1, 0.15) is 46.1 Å². The lowest BCUT2D eigenvalue weighted by Crippen LogP contribution is -2.48. The average molecular weight is 472 g/mol. The number of amides is 2. The van der Waals surface area contributed by atoms with E-state index in [1.165, 1.54) is 5.56 Å². The summed E-state index contributed by atoms with van der Waals surface area (Å²) < 4.78 is 5.62. The minimum Gasteiger partial charge on any atom is -0.484 e. The molecule has 33 heavy (non-hydrogen) atoms. The Hall–Kier alpha value is -2.73. The first-order valence-corrected chi connectivity index (χ1v) is 11.9. The van der Waals surface area contributed by atoms with E-state index in [0.717, 1.165) is 25.2 Å². The molecule has 2 aromatic carbocycles. The maximum atomic E-state index is 12.3. The number of hydrogen-bond donors (Lipinski definition) is 1. The Bertz CT molecular complexity index is 962. The number of anilines is 2. The molecule has 1 aliphatic heterocycles. The SMILES string of the molecule is CCCC(=O)N1CCN(c2ccc(NC(=O)COc3ccc(C(C)(C)C)cc3)cc2Cl)CC1. The van der Waals surface area contributed by atoms with Gasteiger partial charge in [-0.2, -0.15) is 0 Å². The minimum absolute atomic E-state index is 0.0708. The van der Waals surface area contributed by atoms with Gasteiger partial charge in [0.1, 0.15) is 5.75 Å². The lowest BCUT2D eigenvalue weighted by atomic mass is 9.87.